The number of amides is 1. The third kappa shape index (κ3) is 3.86. The Morgan fingerprint density at radius 1 is 1.17 bits per heavy atom. The summed E-state index contributed by atoms with van der Waals surface area (Å²) in [5.41, 5.74) is 4.69. The number of carbonyl (C=O) groups is 1. The van der Waals surface area contributed by atoms with Gasteiger partial charge in [0.25, 0.3) is 0 Å². The normalized spacial score (nSPS) is 15.4. The van der Waals surface area contributed by atoms with Gasteiger partial charge in [-0.3, -0.25) is 9.78 Å². The Morgan fingerprint density at radius 3 is 2.77 bits per heavy atom. The van der Waals surface area contributed by atoms with Crippen LogP contribution in [0.5, 0.6) is 0 Å². The third-order valence-corrected chi connectivity index (χ3v) is 6.82. The van der Waals surface area contributed by atoms with Crippen LogP contribution < -0.4 is 4.90 Å². The largest absolute Gasteiger partial charge is 0.311 e. The minimum atomic E-state index is 0.134. The fourth-order valence-electron chi connectivity index (χ4n) is 3.97. The number of hydrogen-bond acceptors (Lipinski definition) is 5. The van der Waals surface area contributed by atoms with Gasteiger partial charge >= 0.3 is 0 Å². The molecule has 1 saturated carbocycles. The average molecular weight is 420 g/mol. The fourth-order valence-corrected chi connectivity index (χ4v) is 4.80. The maximum absolute atomic E-state index is 13.0. The minimum absolute atomic E-state index is 0.134. The first-order valence-electron chi connectivity index (χ1n) is 10.6. The highest BCUT2D eigenvalue weighted by molar-refractivity contribution is 7.99. The molecule has 2 aliphatic rings. The lowest BCUT2D eigenvalue weighted by Crippen LogP contribution is -2.30. The monoisotopic (exact) mass is 419 g/mol. The van der Waals surface area contributed by atoms with Gasteiger partial charge in [-0.1, -0.05) is 30.8 Å². The molecule has 30 heavy (non-hydrogen) atoms. The Morgan fingerprint density at radius 2 is 2.00 bits per heavy atom. The van der Waals surface area contributed by atoms with E-state index in [1.165, 1.54) is 35.7 Å². The van der Waals surface area contributed by atoms with Gasteiger partial charge in [-0.25, -0.2) is 0 Å². The summed E-state index contributed by atoms with van der Waals surface area (Å²) in [6.07, 6.45) is 8.01. The molecule has 154 valence electrons. The van der Waals surface area contributed by atoms with Gasteiger partial charge in [-0.2, -0.15) is 0 Å². The van der Waals surface area contributed by atoms with Crippen LogP contribution in [0.3, 0.4) is 0 Å². The van der Waals surface area contributed by atoms with Crippen molar-refractivity contribution in [1.29, 1.82) is 0 Å². The number of aromatic nitrogens is 4. The molecule has 0 unspecified atom stereocenters. The first-order valence-corrected chi connectivity index (χ1v) is 11.6. The average Bonchev–Trinajstić information content (AvgIpc) is 3.36. The fraction of sp³-hybridized carbons (Fsp3) is 0.391. The van der Waals surface area contributed by atoms with E-state index in [9.17, 15) is 4.79 Å². The van der Waals surface area contributed by atoms with E-state index in [2.05, 4.69) is 44.9 Å². The zero-order valence-corrected chi connectivity index (χ0v) is 17.9. The molecule has 3 aromatic rings. The van der Waals surface area contributed by atoms with Crippen LogP contribution in [0.25, 0.3) is 11.4 Å². The van der Waals surface area contributed by atoms with E-state index in [4.69, 9.17) is 0 Å². The maximum Gasteiger partial charge on any atom is 0.237 e. The molecule has 1 aromatic carbocycles. The van der Waals surface area contributed by atoms with Crippen LogP contribution in [-0.4, -0.2) is 38.0 Å². The van der Waals surface area contributed by atoms with E-state index < -0.39 is 0 Å². The summed E-state index contributed by atoms with van der Waals surface area (Å²) in [4.78, 5) is 19.0. The zero-order valence-electron chi connectivity index (χ0n) is 17.1. The van der Waals surface area contributed by atoms with Crippen LogP contribution in [0, 0.1) is 5.92 Å². The molecule has 7 heteroatoms. The topological polar surface area (TPSA) is 63.9 Å². The second-order valence-electron chi connectivity index (χ2n) is 8.00. The highest BCUT2D eigenvalue weighted by atomic mass is 32.2. The summed E-state index contributed by atoms with van der Waals surface area (Å²) < 4.78 is 2.18. The van der Waals surface area contributed by atoms with Crippen molar-refractivity contribution in [2.24, 2.45) is 5.92 Å². The number of hydrogen-bond donors (Lipinski definition) is 0. The second kappa shape index (κ2) is 8.22. The third-order valence-electron chi connectivity index (χ3n) is 5.87. The number of carbonyl (C=O) groups excluding carboxylic acids is 1. The quantitative estimate of drug-likeness (QED) is 0.542. The molecule has 0 spiro atoms. The van der Waals surface area contributed by atoms with Crippen LogP contribution >= 0.6 is 11.8 Å². The van der Waals surface area contributed by atoms with Crippen molar-refractivity contribution in [3.05, 3.63) is 53.9 Å². The number of pyridine rings is 1. The second-order valence-corrected chi connectivity index (χ2v) is 8.94. The molecular formula is C23H25N5OS. The summed E-state index contributed by atoms with van der Waals surface area (Å²) in [6, 6.07) is 10.4. The number of anilines is 1. The van der Waals surface area contributed by atoms with Crippen LogP contribution in [0.2, 0.25) is 0 Å². The predicted molar refractivity (Wildman–Crippen MR) is 119 cm³/mol. The highest BCUT2D eigenvalue weighted by Crippen LogP contribution is 2.35. The van der Waals surface area contributed by atoms with Crippen molar-refractivity contribution in [3.8, 4) is 11.4 Å². The van der Waals surface area contributed by atoms with Crippen LogP contribution in [0.4, 0.5) is 5.69 Å². The van der Waals surface area contributed by atoms with E-state index >= 15 is 0 Å². The van der Waals surface area contributed by atoms with Crippen molar-refractivity contribution in [1.82, 2.24) is 19.7 Å². The predicted octanol–water partition coefficient (Wildman–Crippen LogP) is 3.99. The molecule has 1 amide bonds. The van der Waals surface area contributed by atoms with Crippen molar-refractivity contribution in [3.63, 3.8) is 0 Å². The molecule has 0 saturated heterocycles. The summed E-state index contributed by atoms with van der Waals surface area (Å²) in [5.74, 6) is 2.05. The van der Waals surface area contributed by atoms with E-state index in [1.54, 1.807) is 12.4 Å². The summed E-state index contributed by atoms with van der Waals surface area (Å²) >= 11 is 1.49. The molecule has 0 N–H and O–H groups in total. The van der Waals surface area contributed by atoms with E-state index in [-0.39, 0.29) is 5.91 Å². The van der Waals surface area contributed by atoms with Crippen LogP contribution in [0.15, 0.2) is 47.9 Å². The van der Waals surface area contributed by atoms with Gasteiger partial charge in [-0.15, -0.1) is 10.2 Å². The Bertz CT molecular complexity index is 1060. The Labute approximate surface area is 180 Å². The Hall–Kier alpha value is -2.67. The number of nitrogens with zero attached hydrogens (tertiary/aromatic N) is 5. The van der Waals surface area contributed by atoms with E-state index in [1.807, 2.05) is 17.0 Å². The Balaban J connectivity index is 1.32. The lowest BCUT2D eigenvalue weighted by molar-refractivity contribution is -0.116. The summed E-state index contributed by atoms with van der Waals surface area (Å²) in [6.45, 7) is 3.83. The van der Waals surface area contributed by atoms with Gasteiger partial charge < -0.3 is 9.47 Å². The van der Waals surface area contributed by atoms with Crippen molar-refractivity contribution in [2.45, 2.75) is 44.3 Å². The zero-order chi connectivity index (χ0) is 20.5. The smallest absolute Gasteiger partial charge is 0.237 e. The lowest BCUT2D eigenvalue weighted by Gasteiger charge is -2.17. The molecule has 1 fully saturated rings. The molecule has 3 heterocycles. The number of fused-ring (bicyclic) bond motifs is 1. The number of aryl methyl sites for hydroxylation is 1. The van der Waals surface area contributed by atoms with Crippen molar-refractivity contribution < 1.29 is 4.79 Å². The van der Waals surface area contributed by atoms with Crippen molar-refractivity contribution >= 4 is 23.4 Å². The Kier molecular flexibility index (Phi) is 5.29. The standard InChI is InChI=1S/C23H25N5OS/c1-2-16-5-6-20-19(13-16)9-12-27(20)21(29)15-30-23-26-25-22(18-7-10-24-11-8-18)28(23)14-17-3-4-17/h5-8,10-11,13,17H,2-4,9,12,14-15H2,1H3. The van der Waals surface area contributed by atoms with Gasteiger partial charge in [-0.05, 0) is 60.9 Å². The van der Waals surface area contributed by atoms with Crippen LogP contribution in [-0.2, 0) is 24.2 Å². The maximum atomic E-state index is 13.0. The molecule has 0 atom stereocenters. The number of rotatable bonds is 7. The number of thioether (sulfide) groups is 1. The van der Waals surface area contributed by atoms with Gasteiger partial charge in [0.15, 0.2) is 11.0 Å². The molecule has 0 radical (unpaired) electrons. The minimum Gasteiger partial charge on any atom is -0.311 e. The highest BCUT2D eigenvalue weighted by Gasteiger charge is 2.28. The molecule has 2 aromatic heterocycles. The van der Waals surface area contributed by atoms with Gasteiger partial charge in [0.1, 0.15) is 0 Å². The first kappa shape index (κ1) is 19.3. The number of benzene rings is 1. The lowest BCUT2D eigenvalue weighted by atomic mass is 10.1. The summed E-state index contributed by atoms with van der Waals surface area (Å²) in [5, 5.41) is 9.68. The van der Waals surface area contributed by atoms with Crippen LogP contribution in [0.1, 0.15) is 30.9 Å². The molecule has 1 aliphatic heterocycles. The molecular weight excluding hydrogens is 394 g/mol. The van der Waals surface area contributed by atoms with E-state index in [0.717, 1.165) is 48.2 Å². The molecule has 1 aliphatic carbocycles. The molecule has 5 rings (SSSR count). The summed E-state index contributed by atoms with van der Waals surface area (Å²) in [7, 11) is 0. The molecule has 0 bridgehead atoms. The van der Waals surface area contributed by atoms with Gasteiger partial charge in [0, 0.05) is 36.7 Å². The first-order chi connectivity index (χ1) is 14.7. The molecule has 6 nitrogen and oxygen atoms in total. The van der Waals surface area contributed by atoms with Gasteiger partial charge in [0.2, 0.25) is 5.91 Å². The van der Waals surface area contributed by atoms with E-state index in [0.29, 0.717) is 11.7 Å². The SMILES string of the molecule is CCc1ccc2c(c1)CCN2C(=O)CSc1nnc(-c2ccncc2)n1CC1CC1. The van der Waals surface area contributed by atoms with Gasteiger partial charge in [0.05, 0.1) is 5.75 Å². The van der Waals surface area contributed by atoms with Crippen molar-refractivity contribution in [2.75, 3.05) is 17.2 Å².